The highest BCUT2D eigenvalue weighted by Gasteiger charge is 2.29. The third kappa shape index (κ3) is 7.67. The van der Waals surface area contributed by atoms with Crippen molar-refractivity contribution >= 4 is 29.0 Å². The molecule has 0 unspecified atom stereocenters. The van der Waals surface area contributed by atoms with E-state index in [9.17, 15) is 18.0 Å². The lowest BCUT2D eigenvalue weighted by Gasteiger charge is -2.37. The molecular weight excluding hydrogens is 491 g/mol. The lowest BCUT2D eigenvalue weighted by atomic mass is 10.0. The van der Waals surface area contributed by atoms with Crippen LogP contribution in [0.3, 0.4) is 0 Å². The van der Waals surface area contributed by atoms with Gasteiger partial charge >= 0.3 is 5.51 Å². The van der Waals surface area contributed by atoms with Crippen molar-refractivity contribution in [2.24, 2.45) is 0 Å². The Labute approximate surface area is 214 Å². The molecule has 2 fully saturated rings. The number of aromatic nitrogens is 1. The second-order valence-electron chi connectivity index (χ2n) is 9.01. The Morgan fingerprint density at radius 1 is 1.06 bits per heavy atom. The highest BCUT2D eigenvalue weighted by Crippen LogP contribution is 2.37. The number of anilines is 2. The van der Waals surface area contributed by atoms with E-state index in [1.807, 2.05) is 23.2 Å². The number of benzene rings is 1. The minimum absolute atomic E-state index is 0.110. The van der Waals surface area contributed by atoms with E-state index in [1.165, 1.54) is 12.1 Å². The van der Waals surface area contributed by atoms with Gasteiger partial charge in [-0.05, 0) is 54.9 Å². The van der Waals surface area contributed by atoms with E-state index in [1.54, 1.807) is 19.2 Å². The van der Waals surface area contributed by atoms with Crippen molar-refractivity contribution in [3.8, 4) is 5.88 Å². The summed E-state index contributed by atoms with van der Waals surface area (Å²) >= 11 is -0.110. The quantitative estimate of drug-likeness (QED) is 0.518. The number of carbonyl (C=O) groups excluding carboxylic acids is 1. The van der Waals surface area contributed by atoms with Crippen molar-refractivity contribution < 1.29 is 22.7 Å². The van der Waals surface area contributed by atoms with Gasteiger partial charge in [0.15, 0.2) is 0 Å². The van der Waals surface area contributed by atoms with Gasteiger partial charge in [-0.3, -0.25) is 9.69 Å². The smallest absolute Gasteiger partial charge is 0.446 e. The lowest BCUT2D eigenvalue weighted by Crippen LogP contribution is -2.48. The Hall–Kier alpha value is -2.66. The van der Waals surface area contributed by atoms with Gasteiger partial charge in [0, 0.05) is 74.9 Å². The summed E-state index contributed by atoms with van der Waals surface area (Å²) in [6.07, 6.45) is 3.98. The molecule has 0 radical (unpaired) electrons. The number of nitrogens with zero attached hydrogens (tertiary/aromatic N) is 4. The summed E-state index contributed by atoms with van der Waals surface area (Å²) in [5.41, 5.74) is -2.40. The molecule has 2 aromatic rings. The summed E-state index contributed by atoms with van der Waals surface area (Å²) in [7, 11) is 1.60. The Kier molecular flexibility index (Phi) is 8.84. The Morgan fingerprint density at radius 3 is 2.33 bits per heavy atom. The summed E-state index contributed by atoms with van der Waals surface area (Å²) < 4.78 is 42.6. The Morgan fingerprint density at radius 2 is 1.75 bits per heavy atom. The zero-order valence-electron chi connectivity index (χ0n) is 20.3. The number of halogens is 3. The number of alkyl halides is 3. The molecule has 1 aromatic heterocycles. The van der Waals surface area contributed by atoms with Crippen LogP contribution >= 0.6 is 11.8 Å². The van der Waals surface area contributed by atoms with E-state index >= 15 is 0 Å². The zero-order valence-corrected chi connectivity index (χ0v) is 21.2. The minimum atomic E-state index is -4.28. The molecule has 0 spiro atoms. The highest BCUT2D eigenvalue weighted by molar-refractivity contribution is 8.00. The fraction of sp³-hybridized carbons (Fsp3) is 0.520. The number of ether oxygens (including phenoxy) is 1. The number of hydrogen-bond donors (Lipinski definition) is 1. The number of thioether (sulfide) groups is 1. The molecule has 0 bridgehead atoms. The van der Waals surface area contributed by atoms with E-state index in [0.29, 0.717) is 25.4 Å². The largest absolute Gasteiger partial charge is 0.481 e. The summed E-state index contributed by atoms with van der Waals surface area (Å²) in [5, 5.41) is 3.39. The lowest BCUT2D eigenvalue weighted by molar-refractivity contribution is -0.132. The number of carbonyl (C=O) groups is 1. The van der Waals surface area contributed by atoms with Crippen LogP contribution in [0, 0.1) is 0 Å². The van der Waals surface area contributed by atoms with Gasteiger partial charge < -0.3 is 19.9 Å². The van der Waals surface area contributed by atoms with Crippen molar-refractivity contribution in [3.63, 3.8) is 0 Å². The van der Waals surface area contributed by atoms with Gasteiger partial charge in [-0.25, -0.2) is 4.98 Å². The first-order valence-corrected chi connectivity index (χ1v) is 13.0. The molecule has 0 aliphatic carbocycles. The predicted octanol–water partition coefficient (Wildman–Crippen LogP) is 4.32. The van der Waals surface area contributed by atoms with Crippen LogP contribution in [0.5, 0.6) is 5.88 Å². The maximum absolute atomic E-state index is 12.8. The molecule has 1 aromatic carbocycles. The molecule has 3 heterocycles. The van der Waals surface area contributed by atoms with Gasteiger partial charge in [0.1, 0.15) is 0 Å². The zero-order chi connectivity index (χ0) is 25.5. The van der Waals surface area contributed by atoms with Crippen molar-refractivity contribution in [1.29, 1.82) is 0 Å². The molecule has 2 aliphatic rings. The van der Waals surface area contributed by atoms with Gasteiger partial charge in [-0.1, -0.05) is 0 Å². The van der Waals surface area contributed by atoms with Crippen molar-refractivity contribution in [2.45, 2.75) is 35.7 Å². The molecule has 2 aliphatic heterocycles. The molecule has 1 N–H and O–H groups in total. The topological polar surface area (TPSA) is 60.9 Å². The van der Waals surface area contributed by atoms with Gasteiger partial charge in [0.2, 0.25) is 11.8 Å². The Balaban J connectivity index is 1.13. The van der Waals surface area contributed by atoms with Gasteiger partial charge in [-0.2, -0.15) is 13.2 Å². The highest BCUT2D eigenvalue weighted by atomic mass is 32.2. The maximum Gasteiger partial charge on any atom is 0.446 e. The van der Waals surface area contributed by atoms with Crippen LogP contribution in [0.4, 0.5) is 24.5 Å². The van der Waals surface area contributed by atoms with Gasteiger partial charge in [0.25, 0.3) is 0 Å². The molecule has 36 heavy (non-hydrogen) atoms. The molecule has 196 valence electrons. The van der Waals surface area contributed by atoms with Gasteiger partial charge in [0.05, 0.1) is 19.0 Å². The molecule has 2 saturated heterocycles. The minimum Gasteiger partial charge on any atom is -0.481 e. The molecule has 7 nitrogen and oxygen atoms in total. The average Bonchev–Trinajstić information content (AvgIpc) is 2.88. The van der Waals surface area contributed by atoms with Crippen molar-refractivity contribution in [1.82, 2.24) is 14.8 Å². The molecular formula is C25H32F3N5O2S. The fourth-order valence-corrected chi connectivity index (χ4v) is 5.12. The molecule has 4 rings (SSSR count). The van der Waals surface area contributed by atoms with Crippen LogP contribution in [-0.4, -0.2) is 85.2 Å². The third-order valence-corrected chi connectivity index (χ3v) is 7.35. The van der Waals surface area contributed by atoms with E-state index in [0.717, 1.165) is 56.9 Å². The number of pyridine rings is 1. The number of piperidine rings is 1. The van der Waals surface area contributed by atoms with E-state index in [2.05, 4.69) is 20.1 Å². The molecule has 0 atom stereocenters. The first-order chi connectivity index (χ1) is 17.3. The van der Waals surface area contributed by atoms with E-state index in [-0.39, 0.29) is 28.6 Å². The summed E-state index contributed by atoms with van der Waals surface area (Å²) in [5.74, 6) is 0.789. The number of hydrogen-bond acceptors (Lipinski definition) is 7. The third-order valence-electron chi connectivity index (χ3n) is 6.62. The average molecular weight is 524 g/mol. The van der Waals surface area contributed by atoms with Crippen LogP contribution in [0.15, 0.2) is 47.5 Å². The number of likely N-dealkylation sites (tertiary alicyclic amines) is 1. The van der Waals surface area contributed by atoms with Crippen molar-refractivity contribution in [3.05, 3.63) is 42.6 Å². The number of amides is 1. The molecule has 0 saturated carbocycles. The monoisotopic (exact) mass is 523 g/mol. The van der Waals surface area contributed by atoms with Crippen LogP contribution in [0.25, 0.3) is 0 Å². The predicted molar refractivity (Wildman–Crippen MR) is 136 cm³/mol. The standard InChI is InChI=1S/C25H32F3N5O2S/c1-35-23-7-4-21(18-29-23)32-16-14-31(15-17-32)11-10-24(34)33-12-8-20(9-13-33)30-19-2-5-22(6-3-19)36-25(26,27)28/h2-7,18,20,30H,8-17H2,1H3. The van der Waals surface area contributed by atoms with Crippen LogP contribution in [-0.2, 0) is 4.79 Å². The van der Waals surface area contributed by atoms with Gasteiger partial charge in [-0.15, -0.1) is 0 Å². The summed E-state index contributed by atoms with van der Waals surface area (Å²) in [6.45, 7) is 5.75. The molecule has 1 amide bonds. The number of rotatable bonds is 8. The van der Waals surface area contributed by atoms with Crippen molar-refractivity contribution in [2.75, 3.05) is 63.1 Å². The second kappa shape index (κ2) is 12.1. The second-order valence-corrected chi connectivity index (χ2v) is 10.1. The number of piperazine rings is 1. The normalized spacial score (nSPS) is 17.8. The Bertz CT molecular complexity index is 975. The maximum atomic E-state index is 12.8. The fourth-order valence-electron chi connectivity index (χ4n) is 4.58. The SMILES string of the molecule is COc1ccc(N2CCN(CCC(=O)N3CCC(Nc4ccc(SC(F)(F)F)cc4)CC3)CC2)cn1. The summed E-state index contributed by atoms with van der Waals surface area (Å²) in [6, 6.07) is 10.4. The summed E-state index contributed by atoms with van der Waals surface area (Å²) in [4.78, 5) is 23.8. The number of nitrogens with one attached hydrogen (secondary N) is 1. The van der Waals surface area contributed by atoms with Crippen LogP contribution < -0.4 is 15.0 Å². The molecule has 11 heteroatoms. The van der Waals surface area contributed by atoms with Crippen LogP contribution in [0.2, 0.25) is 0 Å². The first kappa shape index (κ1) is 26.4. The first-order valence-electron chi connectivity index (χ1n) is 12.2. The van der Waals surface area contributed by atoms with E-state index in [4.69, 9.17) is 4.74 Å². The van der Waals surface area contributed by atoms with Crippen LogP contribution in [0.1, 0.15) is 19.3 Å². The number of methoxy groups -OCH3 is 1. The van der Waals surface area contributed by atoms with E-state index < -0.39 is 5.51 Å².